The van der Waals surface area contributed by atoms with Crippen LogP contribution in [-0.2, 0) is 0 Å². The lowest BCUT2D eigenvalue weighted by atomic mass is 10.1. The summed E-state index contributed by atoms with van der Waals surface area (Å²) in [6.45, 7) is 6.64. The predicted octanol–water partition coefficient (Wildman–Crippen LogP) is 3.62. The number of rotatable bonds is 1. The summed E-state index contributed by atoms with van der Waals surface area (Å²) in [4.78, 5) is 4.77. The normalized spacial score (nSPS) is 22.4. The third kappa shape index (κ3) is 1.70. The zero-order valence-corrected chi connectivity index (χ0v) is 11.1. The van der Waals surface area contributed by atoms with Crippen LogP contribution in [0.3, 0.4) is 0 Å². The van der Waals surface area contributed by atoms with Crippen molar-refractivity contribution in [2.45, 2.75) is 39.3 Å². The van der Waals surface area contributed by atoms with Crippen LogP contribution in [0.4, 0.5) is 5.95 Å². The standard InChI is InChI=1S/C15H19N3/c1-10-9-11(2)18-12(3)14(17-15(18)16-10)13-7-5-4-6-8-13/h4-8,10-11H,9H2,1-3H3,(H,16,17). The van der Waals surface area contributed by atoms with Crippen LogP contribution in [0.1, 0.15) is 32.0 Å². The van der Waals surface area contributed by atoms with Gasteiger partial charge < -0.3 is 9.88 Å². The maximum Gasteiger partial charge on any atom is 0.204 e. The van der Waals surface area contributed by atoms with E-state index in [1.165, 1.54) is 11.3 Å². The van der Waals surface area contributed by atoms with E-state index in [1.54, 1.807) is 0 Å². The highest BCUT2D eigenvalue weighted by molar-refractivity contribution is 5.64. The van der Waals surface area contributed by atoms with Crippen LogP contribution < -0.4 is 5.32 Å². The van der Waals surface area contributed by atoms with Crippen LogP contribution in [0.5, 0.6) is 0 Å². The summed E-state index contributed by atoms with van der Waals surface area (Å²) >= 11 is 0. The maximum atomic E-state index is 4.77. The minimum Gasteiger partial charge on any atom is -0.353 e. The van der Waals surface area contributed by atoms with E-state index in [0.29, 0.717) is 12.1 Å². The molecule has 3 heteroatoms. The average molecular weight is 241 g/mol. The quantitative estimate of drug-likeness (QED) is 0.826. The molecule has 0 amide bonds. The van der Waals surface area contributed by atoms with Gasteiger partial charge in [0.2, 0.25) is 5.95 Å². The smallest absolute Gasteiger partial charge is 0.204 e. The van der Waals surface area contributed by atoms with Gasteiger partial charge in [-0.05, 0) is 27.2 Å². The lowest BCUT2D eigenvalue weighted by Crippen LogP contribution is -2.28. The Morgan fingerprint density at radius 2 is 1.94 bits per heavy atom. The van der Waals surface area contributed by atoms with Gasteiger partial charge in [-0.1, -0.05) is 30.3 Å². The first-order chi connectivity index (χ1) is 8.66. The largest absolute Gasteiger partial charge is 0.353 e. The summed E-state index contributed by atoms with van der Waals surface area (Å²) in [6, 6.07) is 11.4. The van der Waals surface area contributed by atoms with Crippen molar-refractivity contribution in [2.24, 2.45) is 0 Å². The van der Waals surface area contributed by atoms with Crippen LogP contribution >= 0.6 is 0 Å². The highest BCUT2D eigenvalue weighted by Gasteiger charge is 2.25. The van der Waals surface area contributed by atoms with Crippen LogP contribution in [0.15, 0.2) is 30.3 Å². The molecule has 1 aromatic carbocycles. The molecule has 0 radical (unpaired) electrons. The monoisotopic (exact) mass is 241 g/mol. The number of hydrogen-bond donors (Lipinski definition) is 1. The van der Waals surface area contributed by atoms with Gasteiger partial charge in [0.15, 0.2) is 0 Å². The van der Waals surface area contributed by atoms with Crippen LogP contribution in [-0.4, -0.2) is 15.6 Å². The molecule has 2 aromatic rings. The molecule has 0 saturated heterocycles. The first kappa shape index (κ1) is 11.3. The summed E-state index contributed by atoms with van der Waals surface area (Å²) in [6.07, 6.45) is 1.15. The molecule has 3 nitrogen and oxygen atoms in total. The lowest BCUT2D eigenvalue weighted by Gasteiger charge is -2.29. The Balaban J connectivity index is 2.12. The molecule has 94 valence electrons. The minimum absolute atomic E-state index is 0.498. The van der Waals surface area contributed by atoms with Gasteiger partial charge in [0, 0.05) is 23.3 Å². The Bertz CT molecular complexity index is 557. The van der Waals surface area contributed by atoms with E-state index < -0.39 is 0 Å². The molecule has 18 heavy (non-hydrogen) atoms. The van der Waals surface area contributed by atoms with Gasteiger partial charge in [-0.3, -0.25) is 0 Å². The number of anilines is 1. The molecule has 2 heterocycles. The zero-order valence-electron chi connectivity index (χ0n) is 11.1. The second-order valence-corrected chi connectivity index (χ2v) is 5.24. The fraction of sp³-hybridized carbons (Fsp3) is 0.400. The number of imidazole rings is 1. The molecule has 2 atom stereocenters. The van der Waals surface area contributed by atoms with Crippen LogP contribution in [0.2, 0.25) is 0 Å². The average Bonchev–Trinajstić information content (AvgIpc) is 2.67. The van der Waals surface area contributed by atoms with E-state index in [1.807, 2.05) is 6.07 Å². The molecule has 1 aliphatic heterocycles. The summed E-state index contributed by atoms with van der Waals surface area (Å²) in [7, 11) is 0. The van der Waals surface area contributed by atoms with Gasteiger partial charge in [0.05, 0.1) is 5.69 Å². The Labute approximate surface area is 108 Å². The number of aromatic nitrogens is 2. The second kappa shape index (κ2) is 4.16. The fourth-order valence-corrected chi connectivity index (χ4v) is 2.92. The molecule has 0 bridgehead atoms. The Morgan fingerprint density at radius 3 is 2.67 bits per heavy atom. The van der Waals surface area contributed by atoms with E-state index in [-0.39, 0.29) is 0 Å². The van der Waals surface area contributed by atoms with E-state index in [4.69, 9.17) is 4.98 Å². The minimum atomic E-state index is 0.498. The summed E-state index contributed by atoms with van der Waals surface area (Å²) < 4.78 is 2.32. The molecule has 1 N–H and O–H groups in total. The topological polar surface area (TPSA) is 29.9 Å². The SMILES string of the molecule is Cc1c(-c2ccccc2)nc2n1C(C)CC(C)N2. The molecule has 0 spiro atoms. The van der Waals surface area contributed by atoms with Crippen LogP contribution in [0.25, 0.3) is 11.3 Å². The van der Waals surface area contributed by atoms with E-state index in [0.717, 1.165) is 18.1 Å². The lowest BCUT2D eigenvalue weighted by molar-refractivity contribution is 0.442. The van der Waals surface area contributed by atoms with Gasteiger partial charge >= 0.3 is 0 Å². The van der Waals surface area contributed by atoms with Crippen molar-refractivity contribution in [1.29, 1.82) is 0 Å². The molecule has 0 fully saturated rings. The van der Waals surface area contributed by atoms with Crippen molar-refractivity contribution in [3.8, 4) is 11.3 Å². The third-order valence-corrected chi connectivity index (χ3v) is 3.71. The number of hydrogen-bond acceptors (Lipinski definition) is 2. The Kier molecular flexibility index (Phi) is 2.62. The molecule has 1 aliphatic rings. The number of benzene rings is 1. The third-order valence-electron chi connectivity index (χ3n) is 3.71. The molecule has 0 saturated carbocycles. The van der Waals surface area contributed by atoms with E-state index in [2.05, 4.69) is 54.9 Å². The van der Waals surface area contributed by atoms with Crippen molar-refractivity contribution in [2.75, 3.05) is 5.32 Å². The first-order valence-corrected chi connectivity index (χ1v) is 6.57. The van der Waals surface area contributed by atoms with Gasteiger partial charge in [0.1, 0.15) is 0 Å². The van der Waals surface area contributed by atoms with Crippen molar-refractivity contribution < 1.29 is 0 Å². The summed E-state index contributed by atoms with van der Waals surface area (Å²) in [5.41, 5.74) is 3.54. The molecule has 3 rings (SSSR count). The maximum absolute atomic E-state index is 4.77. The van der Waals surface area contributed by atoms with Crippen molar-refractivity contribution >= 4 is 5.95 Å². The number of fused-ring (bicyclic) bond motifs is 1. The first-order valence-electron chi connectivity index (χ1n) is 6.57. The second-order valence-electron chi connectivity index (χ2n) is 5.24. The van der Waals surface area contributed by atoms with Crippen molar-refractivity contribution in [3.05, 3.63) is 36.0 Å². The highest BCUT2D eigenvalue weighted by atomic mass is 15.3. The number of nitrogens with zero attached hydrogens (tertiary/aromatic N) is 2. The predicted molar refractivity (Wildman–Crippen MR) is 74.8 cm³/mol. The van der Waals surface area contributed by atoms with Crippen molar-refractivity contribution in [3.63, 3.8) is 0 Å². The molecular formula is C15H19N3. The highest BCUT2D eigenvalue weighted by Crippen LogP contribution is 2.33. The van der Waals surface area contributed by atoms with Crippen molar-refractivity contribution in [1.82, 2.24) is 9.55 Å². The fourth-order valence-electron chi connectivity index (χ4n) is 2.92. The van der Waals surface area contributed by atoms with Gasteiger partial charge in [-0.2, -0.15) is 0 Å². The molecular weight excluding hydrogens is 222 g/mol. The molecule has 1 aromatic heterocycles. The molecule has 2 unspecified atom stereocenters. The Hall–Kier alpha value is -1.77. The molecule has 0 aliphatic carbocycles. The van der Waals surface area contributed by atoms with Gasteiger partial charge in [0.25, 0.3) is 0 Å². The Morgan fingerprint density at radius 1 is 1.22 bits per heavy atom. The van der Waals surface area contributed by atoms with E-state index in [9.17, 15) is 0 Å². The van der Waals surface area contributed by atoms with Gasteiger partial charge in [-0.25, -0.2) is 4.98 Å². The van der Waals surface area contributed by atoms with Gasteiger partial charge in [-0.15, -0.1) is 0 Å². The number of nitrogens with one attached hydrogen (secondary N) is 1. The summed E-state index contributed by atoms with van der Waals surface area (Å²) in [5.74, 6) is 1.01. The summed E-state index contributed by atoms with van der Waals surface area (Å²) in [5, 5.41) is 3.47. The van der Waals surface area contributed by atoms with Crippen LogP contribution in [0, 0.1) is 6.92 Å². The zero-order chi connectivity index (χ0) is 12.7. The van der Waals surface area contributed by atoms with E-state index >= 15 is 0 Å².